The van der Waals surface area contributed by atoms with E-state index in [4.69, 9.17) is 5.73 Å². The van der Waals surface area contributed by atoms with Gasteiger partial charge < -0.3 is 10.6 Å². The van der Waals surface area contributed by atoms with E-state index in [1.54, 1.807) is 0 Å². The molecule has 110 valence electrons. The monoisotopic (exact) mass is 283 g/mol. The summed E-state index contributed by atoms with van der Waals surface area (Å²) in [5, 5.41) is 1.11. The average molecular weight is 283 g/mol. The van der Waals surface area contributed by atoms with E-state index in [0.717, 1.165) is 29.8 Å². The third-order valence-corrected chi connectivity index (χ3v) is 4.70. The first-order chi connectivity index (χ1) is 10.3. The van der Waals surface area contributed by atoms with Gasteiger partial charge >= 0.3 is 0 Å². The molecule has 1 aromatic heterocycles. The summed E-state index contributed by atoms with van der Waals surface area (Å²) < 4.78 is 0. The van der Waals surface area contributed by atoms with Crippen LogP contribution in [0.2, 0.25) is 0 Å². The first kappa shape index (κ1) is 12.8. The van der Waals surface area contributed by atoms with Crippen LogP contribution in [0.1, 0.15) is 19.3 Å². The summed E-state index contributed by atoms with van der Waals surface area (Å²) in [7, 11) is 0. The van der Waals surface area contributed by atoms with Crippen molar-refractivity contribution in [3.8, 4) is 0 Å². The molecule has 0 saturated carbocycles. The first-order valence-electron chi connectivity index (χ1n) is 7.82. The van der Waals surface area contributed by atoms with Crippen molar-refractivity contribution in [1.82, 2.24) is 14.9 Å². The van der Waals surface area contributed by atoms with Crippen LogP contribution in [-0.4, -0.2) is 47.1 Å². The van der Waals surface area contributed by atoms with E-state index >= 15 is 0 Å². The maximum atomic E-state index is 5.92. The number of nitrogen functional groups attached to an aromatic ring is 1. The number of nitrogens with two attached hydrogens (primary N) is 1. The van der Waals surface area contributed by atoms with Crippen molar-refractivity contribution in [2.75, 3.05) is 36.8 Å². The lowest BCUT2D eigenvalue weighted by atomic mass is 10.2. The van der Waals surface area contributed by atoms with Crippen LogP contribution in [0.3, 0.4) is 0 Å². The maximum Gasteiger partial charge on any atom is 0.222 e. The fraction of sp³-hybridized carbons (Fsp3) is 0.500. The molecule has 0 bridgehead atoms. The van der Waals surface area contributed by atoms with E-state index < -0.39 is 0 Å². The van der Waals surface area contributed by atoms with E-state index in [9.17, 15) is 0 Å². The number of fused-ring (bicyclic) bond motifs is 2. The zero-order chi connectivity index (χ0) is 14.2. The lowest BCUT2D eigenvalue weighted by Crippen LogP contribution is -2.37. The van der Waals surface area contributed by atoms with Crippen LogP contribution >= 0.6 is 0 Å². The molecular weight excluding hydrogens is 262 g/mol. The molecule has 2 aromatic rings. The second-order valence-corrected chi connectivity index (χ2v) is 6.05. The highest BCUT2D eigenvalue weighted by Crippen LogP contribution is 2.28. The molecule has 2 fully saturated rings. The second kappa shape index (κ2) is 5.15. The molecule has 3 heterocycles. The van der Waals surface area contributed by atoms with Gasteiger partial charge in [-0.3, -0.25) is 4.90 Å². The summed E-state index contributed by atoms with van der Waals surface area (Å²) in [6.07, 6.45) is 3.81. The predicted octanol–water partition coefficient (Wildman–Crippen LogP) is 1.89. The van der Waals surface area contributed by atoms with Crippen LogP contribution in [-0.2, 0) is 0 Å². The van der Waals surface area contributed by atoms with E-state index in [1.807, 2.05) is 18.2 Å². The Morgan fingerprint density at radius 2 is 1.90 bits per heavy atom. The number of aromatic nitrogens is 2. The molecule has 1 aromatic carbocycles. The van der Waals surface area contributed by atoms with E-state index in [2.05, 4.69) is 25.8 Å². The Hall–Kier alpha value is -1.88. The Kier molecular flexibility index (Phi) is 3.15. The van der Waals surface area contributed by atoms with E-state index in [0.29, 0.717) is 12.0 Å². The van der Waals surface area contributed by atoms with Gasteiger partial charge in [0, 0.05) is 31.1 Å². The van der Waals surface area contributed by atoms with Crippen LogP contribution in [0.25, 0.3) is 10.9 Å². The molecule has 0 spiro atoms. The minimum absolute atomic E-state index is 0.372. The molecule has 0 amide bonds. The van der Waals surface area contributed by atoms with Crippen molar-refractivity contribution in [3.05, 3.63) is 24.3 Å². The number of benzene rings is 1. The van der Waals surface area contributed by atoms with Crippen molar-refractivity contribution in [2.24, 2.45) is 0 Å². The summed E-state index contributed by atoms with van der Waals surface area (Å²) in [5.74, 6) is 1.38. The Labute approximate surface area is 124 Å². The zero-order valence-electron chi connectivity index (χ0n) is 12.2. The fourth-order valence-electron chi connectivity index (χ4n) is 3.72. The third kappa shape index (κ3) is 2.31. The number of para-hydroxylation sites is 1. The summed E-state index contributed by atoms with van der Waals surface area (Å²) in [4.78, 5) is 14.0. The van der Waals surface area contributed by atoms with Crippen molar-refractivity contribution in [1.29, 1.82) is 0 Å². The highest BCUT2D eigenvalue weighted by Gasteiger charge is 2.29. The summed E-state index contributed by atoms with van der Waals surface area (Å²) >= 11 is 0. The first-order valence-corrected chi connectivity index (χ1v) is 7.82. The largest absolute Gasteiger partial charge is 0.368 e. The molecular formula is C16H21N5. The number of nitrogens with zero attached hydrogens (tertiary/aromatic N) is 4. The highest BCUT2D eigenvalue weighted by atomic mass is 15.3. The van der Waals surface area contributed by atoms with Gasteiger partial charge in [0.1, 0.15) is 5.82 Å². The molecule has 2 N–H and O–H groups in total. The van der Waals surface area contributed by atoms with Gasteiger partial charge in [-0.05, 0) is 37.9 Å². The van der Waals surface area contributed by atoms with E-state index in [-0.39, 0.29) is 0 Å². The molecule has 2 saturated heterocycles. The van der Waals surface area contributed by atoms with Gasteiger partial charge in [0.05, 0.1) is 5.52 Å². The van der Waals surface area contributed by atoms with Crippen LogP contribution in [0, 0.1) is 0 Å². The molecule has 21 heavy (non-hydrogen) atoms. The number of rotatable bonds is 1. The van der Waals surface area contributed by atoms with Gasteiger partial charge in [-0.1, -0.05) is 12.1 Å². The van der Waals surface area contributed by atoms with Crippen LogP contribution in [0.15, 0.2) is 24.3 Å². The minimum Gasteiger partial charge on any atom is -0.368 e. The van der Waals surface area contributed by atoms with Gasteiger partial charge in [-0.2, -0.15) is 4.98 Å². The Balaban J connectivity index is 1.75. The van der Waals surface area contributed by atoms with Crippen molar-refractivity contribution in [3.63, 3.8) is 0 Å². The molecule has 1 atom stereocenters. The lowest BCUT2D eigenvalue weighted by molar-refractivity contribution is 0.273. The Morgan fingerprint density at radius 1 is 1.05 bits per heavy atom. The number of hydrogen-bond donors (Lipinski definition) is 1. The smallest absolute Gasteiger partial charge is 0.222 e. The van der Waals surface area contributed by atoms with Gasteiger partial charge in [-0.15, -0.1) is 0 Å². The molecule has 0 radical (unpaired) electrons. The second-order valence-electron chi connectivity index (χ2n) is 6.05. The predicted molar refractivity (Wildman–Crippen MR) is 85.4 cm³/mol. The van der Waals surface area contributed by atoms with Crippen LogP contribution < -0.4 is 10.6 Å². The molecule has 0 aliphatic carbocycles. The summed E-state index contributed by atoms with van der Waals surface area (Å²) in [5.41, 5.74) is 6.86. The SMILES string of the molecule is Nc1nc(N2CCCN3CCCC3C2)c2ccccc2n1. The zero-order valence-corrected chi connectivity index (χ0v) is 12.2. The molecule has 5 heteroatoms. The number of anilines is 2. The number of hydrogen-bond acceptors (Lipinski definition) is 5. The van der Waals surface area contributed by atoms with Crippen molar-refractivity contribution in [2.45, 2.75) is 25.3 Å². The van der Waals surface area contributed by atoms with Gasteiger partial charge in [-0.25, -0.2) is 4.98 Å². The lowest BCUT2D eigenvalue weighted by Gasteiger charge is -2.27. The normalized spacial score (nSPS) is 23.2. The summed E-state index contributed by atoms with van der Waals surface area (Å²) in [6, 6.07) is 8.82. The van der Waals surface area contributed by atoms with Crippen molar-refractivity contribution >= 4 is 22.7 Å². The van der Waals surface area contributed by atoms with Crippen LogP contribution in [0.5, 0.6) is 0 Å². The molecule has 2 aliphatic heterocycles. The van der Waals surface area contributed by atoms with Gasteiger partial charge in [0.2, 0.25) is 5.95 Å². The third-order valence-electron chi connectivity index (χ3n) is 4.70. The standard InChI is InChI=1S/C16H21N5/c17-16-18-14-7-2-1-6-13(14)15(19-16)21-10-4-9-20-8-3-5-12(20)11-21/h1-2,6-7,12H,3-5,8-11H2,(H2,17,18,19). The molecule has 2 aliphatic rings. The molecule has 5 nitrogen and oxygen atoms in total. The maximum absolute atomic E-state index is 5.92. The Morgan fingerprint density at radius 3 is 2.86 bits per heavy atom. The minimum atomic E-state index is 0.372. The van der Waals surface area contributed by atoms with Gasteiger partial charge in [0.15, 0.2) is 0 Å². The van der Waals surface area contributed by atoms with Crippen LogP contribution in [0.4, 0.5) is 11.8 Å². The summed E-state index contributed by atoms with van der Waals surface area (Å²) in [6.45, 7) is 4.57. The van der Waals surface area contributed by atoms with Crippen molar-refractivity contribution < 1.29 is 0 Å². The molecule has 4 rings (SSSR count). The highest BCUT2D eigenvalue weighted by molar-refractivity contribution is 5.90. The fourth-order valence-corrected chi connectivity index (χ4v) is 3.72. The van der Waals surface area contributed by atoms with Gasteiger partial charge in [0.25, 0.3) is 0 Å². The average Bonchev–Trinajstić information content (AvgIpc) is 2.83. The van der Waals surface area contributed by atoms with E-state index in [1.165, 1.54) is 32.4 Å². The Bertz CT molecular complexity index is 656. The topological polar surface area (TPSA) is 58.3 Å². The molecule has 1 unspecified atom stereocenters. The quantitative estimate of drug-likeness (QED) is 0.866.